The number of ether oxygens (including phenoxy) is 3. The zero-order valence-electron chi connectivity index (χ0n) is 16.1. The molecule has 3 rings (SSSR count). The maximum atomic E-state index is 11.7. The summed E-state index contributed by atoms with van der Waals surface area (Å²) in [6, 6.07) is 2.52. The Bertz CT molecular complexity index is 585. The lowest BCUT2D eigenvalue weighted by Gasteiger charge is -2.63. The SMILES string of the molecule is CO[C@@H]1[C@H]2[C@@H](C)C[C@]3(C#N)C[C@@H](C)[C@H](OC)[C@](C)(O)[C@@]13O[C@@]2(C)CO. The van der Waals surface area contributed by atoms with Gasteiger partial charge in [0.15, 0.2) is 0 Å². The Labute approximate surface area is 150 Å². The molecule has 1 saturated heterocycles. The van der Waals surface area contributed by atoms with E-state index >= 15 is 0 Å². The van der Waals surface area contributed by atoms with Crippen LogP contribution in [0.4, 0.5) is 0 Å². The lowest BCUT2D eigenvalue weighted by molar-refractivity contribution is -0.322. The van der Waals surface area contributed by atoms with E-state index in [1.165, 1.54) is 0 Å². The molecule has 0 amide bonds. The minimum absolute atomic E-state index is 0.00360. The van der Waals surface area contributed by atoms with Crippen LogP contribution in [0.2, 0.25) is 0 Å². The molecule has 1 aliphatic heterocycles. The van der Waals surface area contributed by atoms with Crippen molar-refractivity contribution in [2.45, 2.75) is 69.5 Å². The molecule has 2 N–H and O–H groups in total. The third-order valence-corrected chi connectivity index (χ3v) is 7.35. The van der Waals surface area contributed by atoms with Crippen LogP contribution >= 0.6 is 0 Å². The summed E-state index contributed by atoms with van der Waals surface area (Å²) < 4.78 is 18.1. The molecule has 0 unspecified atom stereocenters. The quantitative estimate of drug-likeness (QED) is 0.799. The van der Waals surface area contributed by atoms with Crippen LogP contribution in [0.5, 0.6) is 0 Å². The first-order valence-corrected chi connectivity index (χ1v) is 9.11. The normalized spacial score (nSPS) is 57.8. The summed E-state index contributed by atoms with van der Waals surface area (Å²) in [6.45, 7) is 7.47. The van der Waals surface area contributed by atoms with Crippen molar-refractivity contribution in [1.29, 1.82) is 5.26 Å². The molecular weight excluding hydrogens is 322 g/mol. The molecule has 0 aromatic rings. The van der Waals surface area contributed by atoms with Crippen molar-refractivity contribution in [1.82, 2.24) is 0 Å². The van der Waals surface area contributed by atoms with Gasteiger partial charge in [0.05, 0.1) is 35.9 Å². The third kappa shape index (κ3) is 1.97. The predicted molar refractivity (Wildman–Crippen MR) is 90.6 cm³/mol. The second kappa shape index (κ2) is 5.64. The highest BCUT2D eigenvalue weighted by molar-refractivity contribution is 5.34. The minimum atomic E-state index is -1.43. The van der Waals surface area contributed by atoms with Crippen molar-refractivity contribution in [2.75, 3.05) is 20.8 Å². The van der Waals surface area contributed by atoms with Crippen molar-refractivity contribution in [3.63, 3.8) is 0 Å². The number of methoxy groups -OCH3 is 2. The molecule has 25 heavy (non-hydrogen) atoms. The fourth-order valence-corrected chi connectivity index (χ4v) is 6.78. The van der Waals surface area contributed by atoms with E-state index in [2.05, 4.69) is 13.0 Å². The van der Waals surface area contributed by atoms with Crippen molar-refractivity contribution in [3.05, 3.63) is 0 Å². The Morgan fingerprint density at radius 1 is 1.12 bits per heavy atom. The topological polar surface area (TPSA) is 91.9 Å². The van der Waals surface area contributed by atoms with Gasteiger partial charge in [-0.15, -0.1) is 0 Å². The number of rotatable bonds is 3. The van der Waals surface area contributed by atoms with Gasteiger partial charge in [0, 0.05) is 20.1 Å². The molecule has 0 aromatic heterocycles. The lowest BCUT2D eigenvalue weighted by atomic mass is 9.45. The zero-order valence-corrected chi connectivity index (χ0v) is 16.1. The molecule has 2 saturated carbocycles. The monoisotopic (exact) mass is 353 g/mol. The molecule has 9 atom stereocenters. The zero-order chi connectivity index (χ0) is 18.8. The van der Waals surface area contributed by atoms with Gasteiger partial charge in [-0.05, 0) is 38.5 Å². The lowest BCUT2D eigenvalue weighted by Crippen LogP contribution is -2.78. The van der Waals surface area contributed by atoms with Gasteiger partial charge in [-0.3, -0.25) is 0 Å². The maximum absolute atomic E-state index is 11.7. The number of nitriles is 1. The first kappa shape index (κ1) is 19.1. The van der Waals surface area contributed by atoms with Gasteiger partial charge in [0.1, 0.15) is 11.2 Å². The molecule has 142 valence electrons. The Hall–Kier alpha value is -0.710. The van der Waals surface area contributed by atoms with E-state index in [-0.39, 0.29) is 24.4 Å². The number of aliphatic hydroxyl groups excluding tert-OH is 1. The first-order valence-electron chi connectivity index (χ1n) is 9.11. The van der Waals surface area contributed by atoms with Gasteiger partial charge in [-0.25, -0.2) is 0 Å². The highest BCUT2D eigenvalue weighted by Gasteiger charge is 2.82. The number of aliphatic hydroxyl groups is 2. The van der Waals surface area contributed by atoms with Crippen LogP contribution in [-0.2, 0) is 14.2 Å². The largest absolute Gasteiger partial charge is 0.393 e. The number of hydrogen-bond acceptors (Lipinski definition) is 6. The van der Waals surface area contributed by atoms with Crippen LogP contribution in [0.25, 0.3) is 0 Å². The summed E-state index contributed by atoms with van der Waals surface area (Å²) in [7, 11) is 3.18. The number of fused-ring (bicyclic) bond motifs is 1. The highest BCUT2D eigenvalue weighted by Crippen LogP contribution is 2.69. The van der Waals surface area contributed by atoms with Crippen LogP contribution in [0, 0.1) is 34.5 Å². The molecule has 6 heteroatoms. The fourth-order valence-electron chi connectivity index (χ4n) is 6.78. The highest BCUT2D eigenvalue weighted by atomic mass is 16.6. The fraction of sp³-hybridized carbons (Fsp3) is 0.947. The summed E-state index contributed by atoms with van der Waals surface area (Å²) in [4.78, 5) is 0. The van der Waals surface area contributed by atoms with Gasteiger partial charge >= 0.3 is 0 Å². The molecule has 3 aliphatic rings. The molecule has 1 spiro atoms. The Kier molecular flexibility index (Phi) is 4.30. The van der Waals surface area contributed by atoms with E-state index in [0.717, 1.165) is 0 Å². The van der Waals surface area contributed by atoms with E-state index < -0.39 is 34.4 Å². The second-order valence-electron chi connectivity index (χ2n) is 8.85. The summed E-state index contributed by atoms with van der Waals surface area (Å²) in [5.74, 6) is 0.0111. The van der Waals surface area contributed by atoms with Gasteiger partial charge in [-0.1, -0.05) is 13.8 Å². The molecule has 0 aromatic carbocycles. The number of nitrogens with zero attached hydrogens (tertiary/aromatic N) is 1. The van der Waals surface area contributed by atoms with E-state index in [1.807, 2.05) is 13.8 Å². The van der Waals surface area contributed by atoms with Crippen molar-refractivity contribution >= 4 is 0 Å². The van der Waals surface area contributed by atoms with Gasteiger partial charge in [0.2, 0.25) is 0 Å². The third-order valence-electron chi connectivity index (χ3n) is 7.35. The molecule has 3 fully saturated rings. The smallest absolute Gasteiger partial charge is 0.145 e. The van der Waals surface area contributed by atoms with Crippen LogP contribution < -0.4 is 0 Å². The first-order chi connectivity index (χ1) is 11.6. The summed E-state index contributed by atoms with van der Waals surface area (Å²) in [5.41, 5.74) is -4.44. The van der Waals surface area contributed by atoms with Crippen molar-refractivity contribution in [2.24, 2.45) is 23.2 Å². The molecule has 2 bridgehead atoms. The molecule has 1 heterocycles. The summed E-state index contributed by atoms with van der Waals surface area (Å²) >= 11 is 0. The Morgan fingerprint density at radius 3 is 2.16 bits per heavy atom. The average Bonchev–Trinajstić information content (AvgIpc) is 2.80. The molecular formula is C19H31NO5. The van der Waals surface area contributed by atoms with Crippen LogP contribution in [0.3, 0.4) is 0 Å². The minimum Gasteiger partial charge on any atom is -0.393 e. The van der Waals surface area contributed by atoms with Crippen molar-refractivity contribution < 1.29 is 24.4 Å². The Balaban J connectivity index is 2.30. The van der Waals surface area contributed by atoms with Gasteiger partial charge in [0.25, 0.3) is 0 Å². The maximum Gasteiger partial charge on any atom is 0.145 e. The van der Waals surface area contributed by atoms with Crippen LogP contribution in [-0.4, -0.2) is 60.1 Å². The molecule has 2 aliphatic carbocycles. The van der Waals surface area contributed by atoms with Gasteiger partial charge in [-0.2, -0.15) is 5.26 Å². The summed E-state index contributed by atoms with van der Waals surface area (Å²) in [6.07, 6.45) is 0.201. The Morgan fingerprint density at radius 2 is 1.68 bits per heavy atom. The van der Waals surface area contributed by atoms with E-state index in [0.29, 0.717) is 12.8 Å². The molecule has 0 radical (unpaired) electrons. The summed E-state index contributed by atoms with van der Waals surface area (Å²) in [5, 5.41) is 32.1. The standard InChI is InChI=1S/C19H31NO5/c1-11-7-18(9-20)8-12(2)14(23-5)17(4,22)19(18)15(24-6)13(11)16(3,10-21)25-19/h11-15,21-22H,7-8,10H2,1-6H3/t11-,12+,13+,14-,15+,16-,17-,18+,19-/m0/s1. The van der Waals surface area contributed by atoms with Crippen LogP contribution in [0.15, 0.2) is 0 Å². The second-order valence-corrected chi connectivity index (χ2v) is 8.85. The average molecular weight is 353 g/mol. The van der Waals surface area contributed by atoms with Crippen LogP contribution in [0.1, 0.15) is 40.5 Å². The van der Waals surface area contributed by atoms with E-state index in [9.17, 15) is 15.5 Å². The van der Waals surface area contributed by atoms with E-state index in [4.69, 9.17) is 14.2 Å². The van der Waals surface area contributed by atoms with Crippen molar-refractivity contribution in [3.8, 4) is 6.07 Å². The number of hydrogen-bond donors (Lipinski definition) is 2. The molecule has 6 nitrogen and oxygen atoms in total. The van der Waals surface area contributed by atoms with E-state index in [1.54, 1.807) is 21.1 Å². The predicted octanol–water partition coefficient (Wildman–Crippen LogP) is 1.49. The van der Waals surface area contributed by atoms with Gasteiger partial charge < -0.3 is 24.4 Å².